The maximum Gasteiger partial charge on any atom is 0.0866 e. The van der Waals surface area contributed by atoms with Crippen LogP contribution in [0, 0.1) is 0 Å². The van der Waals surface area contributed by atoms with Crippen molar-refractivity contribution < 1.29 is 14.5 Å². The molecule has 0 aliphatic carbocycles. The van der Waals surface area contributed by atoms with Gasteiger partial charge in [0, 0.05) is 0 Å². The van der Waals surface area contributed by atoms with Crippen molar-refractivity contribution in [2.75, 3.05) is 6.61 Å². The highest BCUT2D eigenvalue weighted by Crippen LogP contribution is 2.12. The average molecular weight is 219 g/mol. The maximum absolute atomic E-state index is 5.48. The van der Waals surface area contributed by atoms with Gasteiger partial charge >= 0.3 is 0 Å². The van der Waals surface area contributed by atoms with Crippen molar-refractivity contribution >= 4 is 0 Å². The molecule has 0 aliphatic rings. The average Bonchev–Trinajstić information content (AvgIpc) is 2.00. The van der Waals surface area contributed by atoms with Crippen LogP contribution >= 0.6 is 0 Å². The van der Waals surface area contributed by atoms with Gasteiger partial charge in [0.15, 0.2) is 0 Å². The van der Waals surface area contributed by atoms with Crippen molar-refractivity contribution in [3.8, 4) is 0 Å². The molecule has 0 saturated carbocycles. The van der Waals surface area contributed by atoms with Crippen LogP contribution in [-0.2, 0) is 14.5 Å². The Morgan fingerprint density at radius 2 is 1.80 bits per heavy atom. The third-order valence-electron chi connectivity index (χ3n) is 1.34. The van der Waals surface area contributed by atoms with E-state index in [2.05, 4.69) is 6.92 Å². The quantitative estimate of drug-likeness (QED) is 0.486. The summed E-state index contributed by atoms with van der Waals surface area (Å²) in [6, 6.07) is 0. The molecular formula is C11H25NO3. The summed E-state index contributed by atoms with van der Waals surface area (Å²) in [4.78, 5) is 16.2. The van der Waals surface area contributed by atoms with Crippen LogP contribution in [0.1, 0.15) is 54.4 Å². The molecule has 0 atom stereocenters. The Morgan fingerprint density at radius 3 is 2.20 bits per heavy atom. The SMILES string of the molecule is CCCCON(OC(C)C)OC(C)(C)C. The van der Waals surface area contributed by atoms with Gasteiger partial charge in [-0.3, -0.25) is 4.84 Å². The first kappa shape index (κ1) is 14.8. The standard InChI is InChI=1S/C11H25NO3/c1-7-8-9-13-12(14-10(2)3)15-11(4,5)6/h10H,7-9H2,1-6H3. The van der Waals surface area contributed by atoms with E-state index in [1.165, 1.54) is 0 Å². The van der Waals surface area contributed by atoms with Crippen LogP contribution in [0.4, 0.5) is 0 Å². The van der Waals surface area contributed by atoms with Crippen molar-refractivity contribution in [2.24, 2.45) is 0 Å². The molecule has 0 saturated heterocycles. The first-order valence-electron chi connectivity index (χ1n) is 5.64. The van der Waals surface area contributed by atoms with Crippen LogP contribution in [0.3, 0.4) is 0 Å². The van der Waals surface area contributed by atoms with Gasteiger partial charge in [-0.15, -0.1) is 0 Å². The normalized spacial score (nSPS) is 12.8. The molecule has 92 valence electrons. The Labute approximate surface area is 93.4 Å². The molecule has 0 unspecified atom stereocenters. The molecular weight excluding hydrogens is 194 g/mol. The van der Waals surface area contributed by atoms with Crippen LogP contribution in [0.5, 0.6) is 0 Å². The predicted molar refractivity (Wildman–Crippen MR) is 59.8 cm³/mol. The van der Waals surface area contributed by atoms with Crippen LogP contribution < -0.4 is 0 Å². The Bertz CT molecular complexity index is 154. The molecule has 0 aromatic carbocycles. The molecule has 0 amide bonds. The van der Waals surface area contributed by atoms with Crippen LogP contribution in [-0.4, -0.2) is 23.7 Å². The van der Waals surface area contributed by atoms with E-state index in [0.717, 1.165) is 18.2 Å². The van der Waals surface area contributed by atoms with Gasteiger partial charge in [0.05, 0.1) is 23.7 Å². The lowest BCUT2D eigenvalue weighted by atomic mass is 10.2. The summed E-state index contributed by atoms with van der Waals surface area (Å²) < 4.78 is 0. The summed E-state index contributed by atoms with van der Waals surface area (Å²) >= 11 is 0. The van der Waals surface area contributed by atoms with E-state index >= 15 is 0 Å². The summed E-state index contributed by atoms with van der Waals surface area (Å²) in [7, 11) is 0. The third-order valence-corrected chi connectivity index (χ3v) is 1.34. The predicted octanol–water partition coefficient (Wildman–Crippen LogP) is 3.09. The van der Waals surface area contributed by atoms with Crippen molar-refractivity contribution in [3.05, 3.63) is 0 Å². The zero-order valence-corrected chi connectivity index (χ0v) is 10.9. The number of hydrogen-bond donors (Lipinski definition) is 0. The van der Waals surface area contributed by atoms with E-state index in [0.29, 0.717) is 6.61 Å². The van der Waals surface area contributed by atoms with E-state index in [4.69, 9.17) is 14.5 Å². The molecule has 15 heavy (non-hydrogen) atoms. The molecule has 4 heteroatoms. The number of unbranched alkanes of at least 4 members (excludes halogenated alkanes) is 1. The van der Waals surface area contributed by atoms with E-state index in [-0.39, 0.29) is 11.7 Å². The van der Waals surface area contributed by atoms with Gasteiger partial charge in [-0.2, -0.15) is 0 Å². The molecule has 0 fully saturated rings. The van der Waals surface area contributed by atoms with E-state index < -0.39 is 0 Å². The van der Waals surface area contributed by atoms with Gasteiger partial charge in [0.25, 0.3) is 0 Å². The van der Waals surface area contributed by atoms with Gasteiger partial charge in [-0.1, -0.05) is 13.3 Å². The molecule has 0 bridgehead atoms. The fourth-order valence-corrected chi connectivity index (χ4v) is 0.757. The van der Waals surface area contributed by atoms with Crippen LogP contribution in [0.15, 0.2) is 0 Å². The highest BCUT2D eigenvalue weighted by molar-refractivity contribution is 4.55. The van der Waals surface area contributed by atoms with Crippen LogP contribution in [0.25, 0.3) is 0 Å². The Hall–Kier alpha value is -0.160. The smallest absolute Gasteiger partial charge is 0.0866 e. The number of nitrogens with zero attached hydrogens (tertiary/aromatic N) is 1. The summed E-state index contributed by atoms with van der Waals surface area (Å²) in [5, 5.41) is 1.14. The topological polar surface area (TPSA) is 30.9 Å². The zero-order chi connectivity index (χ0) is 11.9. The Kier molecular flexibility index (Phi) is 7.09. The van der Waals surface area contributed by atoms with Gasteiger partial charge in [0.2, 0.25) is 0 Å². The summed E-state index contributed by atoms with van der Waals surface area (Å²) in [5.74, 6) is 0. The minimum atomic E-state index is -0.318. The molecule has 0 rings (SSSR count). The minimum absolute atomic E-state index is 0.0361. The summed E-state index contributed by atoms with van der Waals surface area (Å²) in [6.07, 6.45) is 2.12. The molecule has 4 nitrogen and oxygen atoms in total. The van der Waals surface area contributed by atoms with E-state index in [9.17, 15) is 0 Å². The van der Waals surface area contributed by atoms with Gasteiger partial charge in [-0.25, -0.2) is 9.68 Å². The third kappa shape index (κ3) is 10.1. The summed E-state index contributed by atoms with van der Waals surface area (Å²) in [5.41, 5.74) is -0.318. The van der Waals surface area contributed by atoms with Crippen molar-refractivity contribution in [1.29, 1.82) is 0 Å². The van der Waals surface area contributed by atoms with Gasteiger partial charge in [-0.05, 0) is 41.0 Å². The molecule has 0 aromatic heterocycles. The van der Waals surface area contributed by atoms with Gasteiger partial charge in [0.1, 0.15) is 0 Å². The maximum atomic E-state index is 5.48. The lowest BCUT2D eigenvalue weighted by Gasteiger charge is -2.28. The van der Waals surface area contributed by atoms with Crippen LogP contribution in [0.2, 0.25) is 0 Å². The second-order valence-corrected chi connectivity index (χ2v) is 4.77. The highest BCUT2D eigenvalue weighted by atomic mass is 17.2. The molecule has 0 spiro atoms. The molecule has 0 aliphatic heterocycles. The fourth-order valence-electron chi connectivity index (χ4n) is 0.757. The second-order valence-electron chi connectivity index (χ2n) is 4.77. The largest absolute Gasteiger partial charge is 0.250 e. The van der Waals surface area contributed by atoms with Crippen molar-refractivity contribution in [1.82, 2.24) is 5.39 Å². The fraction of sp³-hybridized carbons (Fsp3) is 1.00. The molecule has 0 aromatic rings. The van der Waals surface area contributed by atoms with Crippen molar-refractivity contribution in [3.63, 3.8) is 0 Å². The monoisotopic (exact) mass is 219 g/mol. The summed E-state index contributed by atoms with van der Waals surface area (Å²) in [6.45, 7) is 12.4. The number of rotatable bonds is 7. The molecule has 0 N–H and O–H groups in total. The number of hydrogen-bond acceptors (Lipinski definition) is 4. The van der Waals surface area contributed by atoms with E-state index in [1.807, 2.05) is 34.6 Å². The van der Waals surface area contributed by atoms with E-state index in [1.54, 1.807) is 0 Å². The first-order valence-corrected chi connectivity index (χ1v) is 5.64. The zero-order valence-electron chi connectivity index (χ0n) is 10.9. The Balaban J connectivity index is 3.95. The van der Waals surface area contributed by atoms with Crippen molar-refractivity contribution in [2.45, 2.75) is 66.1 Å². The first-order chi connectivity index (χ1) is 6.85. The lowest BCUT2D eigenvalue weighted by Crippen LogP contribution is -2.36. The Morgan fingerprint density at radius 1 is 1.20 bits per heavy atom. The lowest BCUT2D eigenvalue weighted by molar-refractivity contribution is -0.553. The molecule has 0 heterocycles. The molecule has 0 radical (unpaired) electrons. The van der Waals surface area contributed by atoms with Gasteiger partial charge < -0.3 is 0 Å². The second kappa shape index (κ2) is 7.17. The minimum Gasteiger partial charge on any atom is -0.250 e. The highest BCUT2D eigenvalue weighted by Gasteiger charge is 2.19.